The summed E-state index contributed by atoms with van der Waals surface area (Å²) in [6, 6.07) is 69.6. The third-order valence-electron chi connectivity index (χ3n) is 13.5. The first-order valence-corrected chi connectivity index (χ1v) is 31.5. The van der Waals surface area contributed by atoms with Crippen molar-refractivity contribution in [2.45, 2.75) is 33.9 Å². The van der Waals surface area contributed by atoms with E-state index >= 15 is 0 Å². The number of rotatable bonds is 8. The van der Waals surface area contributed by atoms with Crippen molar-refractivity contribution in [2.24, 2.45) is 0 Å². The molecule has 58 heavy (non-hydrogen) atoms. The molecule has 0 amide bonds. The van der Waals surface area contributed by atoms with Gasteiger partial charge in [-0.3, -0.25) is 0 Å². The average molecular weight is 887 g/mol. The normalized spacial score (nSPS) is 15.8. The van der Waals surface area contributed by atoms with Gasteiger partial charge in [-0.1, -0.05) is 0 Å². The van der Waals surface area contributed by atoms with E-state index in [2.05, 4.69) is 215 Å². The molecule has 8 aromatic rings. The molecule has 2 aliphatic rings. The number of hydrogen-bond acceptors (Lipinski definition) is 0. The van der Waals surface area contributed by atoms with Crippen molar-refractivity contribution in [3.8, 4) is 22.3 Å². The summed E-state index contributed by atoms with van der Waals surface area (Å²) in [5.41, 5.74) is 14.3. The van der Waals surface area contributed by atoms with E-state index in [-0.39, 0.29) is 32.1 Å². The van der Waals surface area contributed by atoms with Crippen LogP contribution in [0.1, 0.15) is 56.2 Å². The predicted molar refractivity (Wildman–Crippen MR) is 256 cm³/mol. The number of allylic oxidation sites excluding steroid dienone is 2. The van der Waals surface area contributed by atoms with Gasteiger partial charge in [0.2, 0.25) is 0 Å². The Labute approximate surface area is 358 Å². The molecule has 0 aromatic heterocycles. The van der Waals surface area contributed by atoms with E-state index < -0.39 is 17.4 Å². The topological polar surface area (TPSA) is 0 Å². The van der Waals surface area contributed by atoms with Crippen LogP contribution in [-0.4, -0.2) is 6.88 Å². The molecule has 0 spiro atoms. The molecule has 2 atom stereocenters. The fourth-order valence-electron chi connectivity index (χ4n) is 11.2. The van der Waals surface area contributed by atoms with E-state index in [1.165, 1.54) is 66.1 Å². The minimum Gasteiger partial charge on any atom is -0.147 e. The summed E-state index contributed by atoms with van der Waals surface area (Å²) >= 11 is -4.82. The SMILES string of the molecule is CCC1=Cc2c(-c3cccc4ccccc34)cccc2[CH]1[Zr](=[SiH2])([c]1ccccc1)([c]1ccccc1)[CH]1C(CC)=Cc2c(-c3cccc4ccccc34)cccc21.Cl.Cl. The molecular formula is C54H48Cl2SiZr. The van der Waals surface area contributed by atoms with Crippen molar-refractivity contribution in [3.63, 3.8) is 0 Å². The third-order valence-corrected chi connectivity index (χ3v) is 41.3. The van der Waals surface area contributed by atoms with Crippen molar-refractivity contribution in [1.29, 1.82) is 0 Å². The number of halogens is 2. The van der Waals surface area contributed by atoms with Crippen LogP contribution < -0.4 is 6.54 Å². The van der Waals surface area contributed by atoms with E-state index in [4.69, 9.17) is 0 Å². The second-order valence-corrected chi connectivity index (χ2v) is 38.8. The minimum absolute atomic E-state index is 0. The summed E-state index contributed by atoms with van der Waals surface area (Å²) in [4.78, 5) is 0. The molecular weight excluding hydrogens is 839 g/mol. The van der Waals surface area contributed by atoms with Crippen molar-refractivity contribution in [2.75, 3.05) is 0 Å². The van der Waals surface area contributed by atoms with Gasteiger partial charge in [0.15, 0.2) is 0 Å². The minimum atomic E-state index is -4.82. The van der Waals surface area contributed by atoms with Gasteiger partial charge < -0.3 is 0 Å². The second-order valence-electron chi connectivity index (χ2n) is 16.0. The maximum Gasteiger partial charge on any atom is -0.147 e. The van der Waals surface area contributed by atoms with Gasteiger partial charge in [0.1, 0.15) is 0 Å². The maximum atomic E-state index is 2.63. The monoisotopic (exact) mass is 884 g/mol. The van der Waals surface area contributed by atoms with Gasteiger partial charge in [-0.05, 0) is 0 Å². The standard InChI is InChI=1S/2C21H17.2C6H5.2ClH.H2Si.Zr/c2*1-2-15-13-17-9-6-12-20(21(17)14-15)19-11-5-8-16-7-3-4-10-18(16)19;2*1-2-4-6-5-3-1;;;;/h2*3-14H,2H2,1H3;2*1-5H;2*1H;1H2;. The first-order chi connectivity index (χ1) is 27.5. The Bertz CT molecular complexity index is 2750. The molecule has 0 saturated carbocycles. The molecule has 0 fully saturated rings. The van der Waals surface area contributed by atoms with Crippen LogP contribution in [0.2, 0.25) is 0 Å². The van der Waals surface area contributed by atoms with Gasteiger partial charge in [0.25, 0.3) is 0 Å². The van der Waals surface area contributed by atoms with Crippen molar-refractivity contribution in [3.05, 3.63) is 215 Å². The van der Waals surface area contributed by atoms with Gasteiger partial charge in [-0.25, -0.2) is 0 Å². The summed E-state index contributed by atoms with van der Waals surface area (Å²) < 4.78 is 3.70. The molecule has 10 rings (SSSR count). The van der Waals surface area contributed by atoms with Crippen molar-refractivity contribution < 1.29 is 17.4 Å². The maximum absolute atomic E-state index is 4.82. The summed E-state index contributed by atoms with van der Waals surface area (Å²) in [5.74, 6) is 0. The molecule has 286 valence electrons. The van der Waals surface area contributed by atoms with Crippen LogP contribution in [0.5, 0.6) is 0 Å². The van der Waals surface area contributed by atoms with E-state index in [0.717, 1.165) is 12.8 Å². The predicted octanol–water partition coefficient (Wildman–Crippen LogP) is 13.5. The summed E-state index contributed by atoms with van der Waals surface area (Å²) in [5, 5.41) is 5.20. The molecule has 4 heteroatoms. The molecule has 0 radical (unpaired) electrons. The van der Waals surface area contributed by atoms with Crippen LogP contribution >= 0.6 is 24.8 Å². The van der Waals surface area contributed by atoms with Crippen LogP contribution in [0.4, 0.5) is 0 Å². The largest absolute Gasteiger partial charge is 0.147 e. The van der Waals surface area contributed by atoms with Crippen LogP contribution in [0.25, 0.3) is 56.0 Å². The Balaban J connectivity index is 0.00000235. The molecule has 0 N–H and O–H groups in total. The van der Waals surface area contributed by atoms with Gasteiger partial charge in [0.05, 0.1) is 0 Å². The van der Waals surface area contributed by atoms with Crippen molar-refractivity contribution in [1.82, 2.24) is 0 Å². The van der Waals surface area contributed by atoms with E-state index in [1.807, 2.05) is 0 Å². The van der Waals surface area contributed by atoms with Gasteiger partial charge in [0, 0.05) is 0 Å². The van der Waals surface area contributed by atoms with Crippen LogP contribution in [0, 0.1) is 0 Å². The average Bonchev–Trinajstić information content (AvgIpc) is 3.87. The molecule has 2 aliphatic carbocycles. The second kappa shape index (κ2) is 15.9. The summed E-state index contributed by atoms with van der Waals surface area (Å²) in [6.45, 7) is 7.29. The van der Waals surface area contributed by atoms with Crippen LogP contribution in [0.3, 0.4) is 0 Å². The Hall–Kier alpha value is -4.56. The summed E-state index contributed by atoms with van der Waals surface area (Å²) in [7, 11) is 0. The zero-order valence-electron chi connectivity index (χ0n) is 33.1. The van der Waals surface area contributed by atoms with Gasteiger partial charge in [-0.2, -0.15) is 0 Å². The quantitative estimate of drug-likeness (QED) is 0.133. The zero-order valence-corrected chi connectivity index (χ0v) is 38.6. The van der Waals surface area contributed by atoms with E-state index in [9.17, 15) is 0 Å². The molecule has 0 heterocycles. The number of benzene rings is 8. The first kappa shape index (κ1) is 40.2. The first-order valence-electron chi connectivity index (χ1n) is 20.3. The smallest absolute Gasteiger partial charge is 0.147 e. The van der Waals surface area contributed by atoms with E-state index in [0.29, 0.717) is 0 Å². The van der Waals surface area contributed by atoms with Gasteiger partial charge >= 0.3 is 336 Å². The molecule has 0 nitrogen and oxygen atoms in total. The Morgan fingerprint density at radius 3 is 1.16 bits per heavy atom. The van der Waals surface area contributed by atoms with Gasteiger partial charge in [-0.15, -0.1) is 24.8 Å². The summed E-state index contributed by atoms with van der Waals surface area (Å²) in [6.07, 6.45) is 7.28. The fourth-order valence-corrected chi connectivity index (χ4v) is 39.7. The molecule has 8 aromatic carbocycles. The zero-order chi connectivity index (χ0) is 37.9. The number of fused-ring (bicyclic) bond motifs is 4. The van der Waals surface area contributed by atoms with E-state index in [1.54, 1.807) is 17.7 Å². The van der Waals surface area contributed by atoms with Crippen LogP contribution in [0.15, 0.2) is 193 Å². The molecule has 0 aliphatic heterocycles. The third kappa shape index (κ3) is 5.86. The Kier molecular flexibility index (Phi) is 11.0. The molecule has 2 unspecified atom stereocenters. The fraction of sp³-hybridized carbons (Fsp3) is 0.111. The molecule has 0 bridgehead atoms. The number of hydrogen-bond donors (Lipinski definition) is 0. The Morgan fingerprint density at radius 1 is 0.397 bits per heavy atom. The van der Waals surface area contributed by atoms with Crippen LogP contribution in [-0.2, 0) is 17.4 Å². The van der Waals surface area contributed by atoms with Crippen molar-refractivity contribution >= 4 is 71.9 Å². The Morgan fingerprint density at radius 2 is 0.741 bits per heavy atom. The molecule has 0 saturated heterocycles.